The lowest BCUT2D eigenvalue weighted by atomic mass is 9.90. The van der Waals surface area contributed by atoms with E-state index >= 15 is 0 Å². The summed E-state index contributed by atoms with van der Waals surface area (Å²) in [5, 5.41) is 9.05. The number of ether oxygens (including phenoxy) is 1. The zero-order valence-corrected chi connectivity index (χ0v) is 11.3. The van der Waals surface area contributed by atoms with Gasteiger partial charge in [0.25, 0.3) is 0 Å². The van der Waals surface area contributed by atoms with E-state index in [0.717, 1.165) is 0 Å². The Kier molecular flexibility index (Phi) is 3.76. The van der Waals surface area contributed by atoms with Crippen LogP contribution in [-0.2, 0) is 28.4 Å². The van der Waals surface area contributed by atoms with Crippen molar-refractivity contribution in [2.45, 2.75) is 36.5 Å². The first-order valence-corrected chi connectivity index (χ1v) is 7.26. The van der Waals surface area contributed by atoms with Crippen LogP contribution in [0.25, 0.3) is 0 Å². The average Bonchev–Trinajstić information content (AvgIpc) is 2.65. The standard InChI is InChI=1S/C11H18N2O4S/c1-13-6-11(5-9(13)7-14)18(15,16)12-8-3-10(4-8)17-2/h5-6,8,10,12,14H,3-4,7H2,1-2H3. The average molecular weight is 274 g/mol. The van der Waals surface area contributed by atoms with Crippen molar-refractivity contribution >= 4 is 10.0 Å². The number of methoxy groups -OCH3 is 1. The fraction of sp³-hybridized carbons (Fsp3) is 0.636. The van der Waals surface area contributed by atoms with E-state index in [-0.39, 0.29) is 23.6 Å². The van der Waals surface area contributed by atoms with Gasteiger partial charge in [-0.15, -0.1) is 0 Å². The lowest BCUT2D eigenvalue weighted by molar-refractivity contribution is 0.0236. The Morgan fingerprint density at radius 1 is 1.56 bits per heavy atom. The molecule has 6 nitrogen and oxygen atoms in total. The van der Waals surface area contributed by atoms with Crippen molar-refractivity contribution in [1.29, 1.82) is 0 Å². The molecular formula is C11H18N2O4S. The molecule has 0 aromatic carbocycles. The van der Waals surface area contributed by atoms with Crippen LogP contribution >= 0.6 is 0 Å². The quantitative estimate of drug-likeness (QED) is 0.790. The number of hydrogen-bond acceptors (Lipinski definition) is 4. The smallest absolute Gasteiger partial charge is 0.242 e. The first-order valence-electron chi connectivity index (χ1n) is 5.77. The van der Waals surface area contributed by atoms with E-state index < -0.39 is 10.0 Å². The van der Waals surface area contributed by atoms with Crippen molar-refractivity contribution in [2.75, 3.05) is 7.11 Å². The van der Waals surface area contributed by atoms with Crippen LogP contribution in [0.2, 0.25) is 0 Å². The third-order valence-corrected chi connectivity index (χ3v) is 4.79. The molecule has 1 fully saturated rings. The molecule has 1 aromatic heterocycles. The number of aliphatic hydroxyl groups excluding tert-OH is 1. The Morgan fingerprint density at radius 3 is 2.72 bits per heavy atom. The topological polar surface area (TPSA) is 80.6 Å². The highest BCUT2D eigenvalue weighted by atomic mass is 32.2. The molecule has 102 valence electrons. The SMILES string of the molecule is COC1CC(NS(=O)(=O)c2cc(CO)n(C)c2)C1. The summed E-state index contributed by atoms with van der Waals surface area (Å²) in [6.07, 6.45) is 3.06. The summed E-state index contributed by atoms with van der Waals surface area (Å²) in [7, 11) is -0.173. The molecule has 0 radical (unpaired) electrons. The first kappa shape index (κ1) is 13.5. The van der Waals surface area contributed by atoms with Gasteiger partial charge in [-0.3, -0.25) is 0 Å². The summed E-state index contributed by atoms with van der Waals surface area (Å²) in [5.41, 5.74) is 0.568. The van der Waals surface area contributed by atoms with Gasteiger partial charge in [-0.1, -0.05) is 0 Å². The molecule has 7 heteroatoms. The van der Waals surface area contributed by atoms with Crippen molar-refractivity contribution in [3.8, 4) is 0 Å². The molecule has 0 atom stereocenters. The van der Waals surface area contributed by atoms with E-state index in [1.165, 1.54) is 12.3 Å². The number of aromatic nitrogens is 1. The van der Waals surface area contributed by atoms with E-state index in [2.05, 4.69) is 4.72 Å². The van der Waals surface area contributed by atoms with Gasteiger partial charge in [0.1, 0.15) is 0 Å². The highest BCUT2D eigenvalue weighted by Crippen LogP contribution is 2.24. The Bertz CT molecular complexity index is 517. The van der Waals surface area contributed by atoms with Gasteiger partial charge in [0.05, 0.1) is 17.6 Å². The molecule has 0 aliphatic heterocycles. The van der Waals surface area contributed by atoms with Gasteiger partial charge in [0.2, 0.25) is 10.0 Å². The van der Waals surface area contributed by atoms with E-state index in [0.29, 0.717) is 18.5 Å². The molecular weight excluding hydrogens is 256 g/mol. The molecule has 0 spiro atoms. The van der Waals surface area contributed by atoms with Crippen LogP contribution in [0.4, 0.5) is 0 Å². The molecule has 18 heavy (non-hydrogen) atoms. The van der Waals surface area contributed by atoms with Gasteiger partial charge >= 0.3 is 0 Å². The maximum atomic E-state index is 12.1. The second-order valence-corrected chi connectivity index (χ2v) is 6.30. The van der Waals surface area contributed by atoms with Crippen molar-refractivity contribution < 1.29 is 18.3 Å². The van der Waals surface area contributed by atoms with Crippen LogP contribution in [0, 0.1) is 0 Å². The summed E-state index contributed by atoms with van der Waals surface area (Å²) in [5.74, 6) is 0. The minimum absolute atomic E-state index is 0.0577. The zero-order valence-electron chi connectivity index (χ0n) is 10.5. The number of aliphatic hydroxyl groups is 1. The summed E-state index contributed by atoms with van der Waals surface area (Å²) in [4.78, 5) is 0.190. The maximum Gasteiger partial charge on any atom is 0.242 e. The number of nitrogens with one attached hydrogen (secondary N) is 1. The predicted octanol–water partition coefficient (Wildman–Crippen LogP) is -0.0269. The van der Waals surface area contributed by atoms with Crippen LogP contribution in [0.3, 0.4) is 0 Å². The molecule has 0 saturated heterocycles. The minimum atomic E-state index is -3.50. The van der Waals surface area contributed by atoms with Gasteiger partial charge in [-0.05, 0) is 18.9 Å². The van der Waals surface area contributed by atoms with Gasteiger partial charge < -0.3 is 14.4 Å². The van der Waals surface area contributed by atoms with Crippen LogP contribution in [-0.4, -0.2) is 37.3 Å². The molecule has 1 heterocycles. The van der Waals surface area contributed by atoms with Crippen molar-refractivity contribution in [3.63, 3.8) is 0 Å². The molecule has 1 aliphatic carbocycles. The largest absolute Gasteiger partial charge is 0.390 e. The molecule has 1 saturated carbocycles. The monoisotopic (exact) mass is 274 g/mol. The predicted molar refractivity (Wildman–Crippen MR) is 65.5 cm³/mol. The second kappa shape index (κ2) is 5.00. The van der Waals surface area contributed by atoms with Crippen LogP contribution in [0.5, 0.6) is 0 Å². The van der Waals surface area contributed by atoms with Crippen LogP contribution in [0.1, 0.15) is 18.5 Å². The Hall–Kier alpha value is -0.890. The Balaban J connectivity index is 2.06. The van der Waals surface area contributed by atoms with Gasteiger partial charge in [-0.25, -0.2) is 13.1 Å². The molecule has 0 unspecified atom stereocenters. The normalized spacial score (nSPS) is 23.9. The molecule has 1 aliphatic rings. The van der Waals surface area contributed by atoms with Gasteiger partial charge in [0, 0.05) is 32.1 Å². The zero-order chi connectivity index (χ0) is 13.3. The molecule has 1 aromatic rings. The van der Waals surface area contributed by atoms with E-state index in [1.54, 1.807) is 18.7 Å². The minimum Gasteiger partial charge on any atom is -0.390 e. The summed E-state index contributed by atoms with van der Waals surface area (Å²) >= 11 is 0. The number of hydrogen-bond donors (Lipinski definition) is 2. The van der Waals surface area contributed by atoms with Crippen molar-refractivity contribution in [1.82, 2.24) is 9.29 Å². The highest BCUT2D eigenvalue weighted by Gasteiger charge is 2.33. The van der Waals surface area contributed by atoms with Gasteiger partial charge in [-0.2, -0.15) is 0 Å². The summed E-state index contributed by atoms with van der Waals surface area (Å²) in [6.45, 7) is -0.179. The number of aryl methyl sites for hydroxylation is 1. The van der Waals surface area contributed by atoms with E-state index in [9.17, 15) is 8.42 Å². The first-order chi connectivity index (χ1) is 8.46. The Labute approximate surface area is 107 Å². The lowest BCUT2D eigenvalue weighted by Gasteiger charge is -2.34. The fourth-order valence-corrected chi connectivity index (χ4v) is 3.38. The molecule has 2 rings (SSSR count). The molecule has 0 bridgehead atoms. The molecule has 2 N–H and O–H groups in total. The van der Waals surface area contributed by atoms with Crippen LogP contribution < -0.4 is 4.72 Å². The number of sulfonamides is 1. The van der Waals surface area contributed by atoms with Crippen molar-refractivity contribution in [2.24, 2.45) is 7.05 Å². The fourth-order valence-electron chi connectivity index (χ4n) is 2.02. The molecule has 0 amide bonds. The maximum absolute atomic E-state index is 12.1. The lowest BCUT2D eigenvalue weighted by Crippen LogP contribution is -2.47. The number of rotatable bonds is 5. The number of nitrogens with zero attached hydrogens (tertiary/aromatic N) is 1. The summed E-state index contributed by atoms with van der Waals surface area (Å²) < 4.78 is 33.5. The highest BCUT2D eigenvalue weighted by molar-refractivity contribution is 7.89. The van der Waals surface area contributed by atoms with Crippen molar-refractivity contribution in [3.05, 3.63) is 18.0 Å². The van der Waals surface area contributed by atoms with E-state index in [1.807, 2.05) is 0 Å². The second-order valence-electron chi connectivity index (χ2n) is 4.58. The Morgan fingerprint density at radius 2 is 2.22 bits per heavy atom. The van der Waals surface area contributed by atoms with Gasteiger partial charge in [0.15, 0.2) is 0 Å². The third kappa shape index (κ3) is 2.59. The summed E-state index contributed by atoms with van der Waals surface area (Å²) in [6, 6.07) is 1.42. The third-order valence-electron chi connectivity index (χ3n) is 3.31. The van der Waals surface area contributed by atoms with E-state index in [4.69, 9.17) is 9.84 Å². The van der Waals surface area contributed by atoms with Crippen LogP contribution in [0.15, 0.2) is 17.2 Å².